The fourth-order valence-corrected chi connectivity index (χ4v) is 2.67. The number of halogens is 1. The molecule has 0 spiro atoms. The largest absolute Gasteiger partial charge is 0.311 e. The van der Waals surface area contributed by atoms with Crippen molar-refractivity contribution in [2.75, 3.05) is 11.4 Å². The summed E-state index contributed by atoms with van der Waals surface area (Å²) in [7, 11) is 0. The Bertz CT molecular complexity index is 645. The zero-order valence-electron chi connectivity index (χ0n) is 8.87. The van der Waals surface area contributed by atoms with Gasteiger partial charge in [-0.1, -0.05) is 15.9 Å². The van der Waals surface area contributed by atoms with Gasteiger partial charge in [0.1, 0.15) is 0 Å². The van der Waals surface area contributed by atoms with E-state index in [1.165, 1.54) is 0 Å². The molecule has 1 aromatic heterocycles. The first-order chi connectivity index (χ1) is 8.15. The molecule has 1 aromatic carbocycles. The van der Waals surface area contributed by atoms with Crippen LogP contribution in [0, 0.1) is 0 Å². The van der Waals surface area contributed by atoms with Crippen LogP contribution in [-0.2, 0) is 4.79 Å². The van der Waals surface area contributed by atoms with E-state index in [0.29, 0.717) is 18.4 Å². The van der Waals surface area contributed by atoms with Crippen molar-refractivity contribution in [1.82, 2.24) is 10.2 Å². The molecule has 2 heterocycles. The quantitative estimate of drug-likeness (QED) is 0.780. The number of nitrogens with one attached hydrogen (secondary N) is 2. The molecule has 3 rings (SSSR count). The summed E-state index contributed by atoms with van der Waals surface area (Å²) in [6.07, 6.45) is 0.502. The Morgan fingerprint density at radius 3 is 2.82 bits per heavy atom. The molecule has 1 unspecified atom stereocenters. The smallest absolute Gasteiger partial charge is 0.271 e. The monoisotopic (exact) mass is 295 g/mol. The fourth-order valence-electron chi connectivity index (χ4n) is 2.10. The van der Waals surface area contributed by atoms with Crippen LogP contribution < -0.4 is 10.5 Å². The van der Waals surface area contributed by atoms with E-state index in [-0.39, 0.29) is 16.3 Å². The first-order valence-corrected chi connectivity index (χ1v) is 6.21. The number of benzene rings is 1. The minimum Gasteiger partial charge on any atom is -0.311 e. The molecule has 2 N–H and O–H groups in total. The molecule has 2 aromatic rings. The Morgan fingerprint density at radius 2 is 2.12 bits per heavy atom. The van der Waals surface area contributed by atoms with Crippen molar-refractivity contribution in [3.05, 3.63) is 28.6 Å². The summed E-state index contributed by atoms with van der Waals surface area (Å²) in [5.41, 5.74) is 1.36. The van der Waals surface area contributed by atoms with Crippen LogP contribution in [-0.4, -0.2) is 27.5 Å². The van der Waals surface area contributed by atoms with E-state index in [1.54, 1.807) is 17.0 Å². The normalized spacial score (nSPS) is 20.4. The number of carbonyl (C=O) groups is 1. The van der Waals surface area contributed by atoms with Crippen molar-refractivity contribution in [2.24, 2.45) is 0 Å². The number of hydrogen-bond donors (Lipinski definition) is 2. The van der Waals surface area contributed by atoms with Crippen LogP contribution >= 0.6 is 15.9 Å². The second kappa shape index (κ2) is 3.73. The van der Waals surface area contributed by atoms with Gasteiger partial charge in [0.05, 0.1) is 10.9 Å². The van der Waals surface area contributed by atoms with E-state index in [0.717, 1.165) is 11.2 Å². The van der Waals surface area contributed by atoms with Crippen LogP contribution in [0.5, 0.6) is 0 Å². The number of carbonyl (C=O) groups excluding carboxylic acids is 1. The summed E-state index contributed by atoms with van der Waals surface area (Å²) in [5.74, 6) is 0.0817. The highest BCUT2D eigenvalue weighted by Crippen LogP contribution is 2.26. The average Bonchev–Trinajstić information content (AvgIpc) is 2.83. The molecule has 1 saturated heterocycles. The van der Waals surface area contributed by atoms with Crippen molar-refractivity contribution in [1.29, 1.82) is 0 Å². The maximum atomic E-state index is 11.7. The van der Waals surface area contributed by atoms with Gasteiger partial charge in [-0.2, -0.15) is 0 Å². The molecule has 1 fully saturated rings. The number of aromatic amines is 2. The first kappa shape index (κ1) is 10.6. The minimum absolute atomic E-state index is 0.0817. The molecule has 0 bridgehead atoms. The molecule has 1 aliphatic heterocycles. The summed E-state index contributed by atoms with van der Waals surface area (Å²) in [4.78, 5) is 25.1. The number of alkyl halides is 1. The molecular formula is C11H10BrN3O2. The van der Waals surface area contributed by atoms with Gasteiger partial charge >= 0.3 is 0 Å². The molecule has 0 saturated carbocycles. The van der Waals surface area contributed by atoms with Crippen LogP contribution in [0.2, 0.25) is 0 Å². The van der Waals surface area contributed by atoms with Gasteiger partial charge in [-0.15, -0.1) is 0 Å². The number of hydrogen-bond acceptors (Lipinski definition) is 2. The summed E-state index contributed by atoms with van der Waals surface area (Å²) >= 11 is 3.44. The van der Waals surface area contributed by atoms with Gasteiger partial charge in [0, 0.05) is 23.5 Å². The lowest BCUT2D eigenvalue weighted by atomic mass is 10.2. The predicted octanol–water partition coefficient (Wildman–Crippen LogP) is 1.36. The molecule has 0 radical (unpaired) electrons. The summed E-state index contributed by atoms with van der Waals surface area (Å²) in [6.45, 7) is 0.646. The highest BCUT2D eigenvalue weighted by Gasteiger charge is 2.28. The second-order valence-corrected chi connectivity index (χ2v) is 5.41. The molecule has 1 atom stereocenters. The number of amides is 1. The van der Waals surface area contributed by atoms with Crippen LogP contribution in [0.15, 0.2) is 23.0 Å². The zero-order valence-corrected chi connectivity index (χ0v) is 10.5. The molecule has 1 amide bonds. The molecule has 1 aliphatic rings. The van der Waals surface area contributed by atoms with E-state index in [4.69, 9.17) is 0 Å². The summed E-state index contributed by atoms with van der Waals surface area (Å²) in [6, 6.07) is 5.39. The molecule has 0 aliphatic carbocycles. The third-order valence-corrected chi connectivity index (χ3v) is 3.56. The zero-order chi connectivity index (χ0) is 12.0. The highest BCUT2D eigenvalue weighted by molar-refractivity contribution is 9.09. The maximum Gasteiger partial charge on any atom is 0.271 e. The lowest BCUT2D eigenvalue weighted by molar-refractivity contribution is -0.117. The van der Waals surface area contributed by atoms with Crippen molar-refractivity contribution < 1.29 is 4.79 Å². The Labute approximate surface area is 105 Å². The highest BCUT2D eigenvalue weighted by atomic mass is 79.9. The van der Waals surface area contributed by atoms with Crippen molar-refractivity contribution in [3.8, 4) is 0 Å². The van der Waals surface area contributed by atoms with Crippen LogP contribution in [0.1, 0.15) is 6.42 Å². The van der Waals surface area contributed by atoms with Crippen LogP contribution in [0.3, 0.4) is 0 Å². The lowest BCUT2D eigenvalue weighted by Crippen LogP contribution is -2.24. The van der Waals surface area contributed by atoms with Gasteiger partial charge in [0.15, 0.2) is 0 Å². The third-order valence-electron chi connectivity index (χ3n) is 2.95. The Hall–Kier alpha value is -1.56. The molecule has 5 nitrogen and oxygen atoms in total. The Kier molecular flexibility index (Phi) is 2.32. The number of H-pyrrole nitrogens is 2. The van der Waals surface area contributed by atoms with Crippen LogP contribution in [0.4, 0.5) is 5.69 Å². The topological polar surface area (TPSA) is 69.0 Å². The van der Waals surface area contributed by atoms with Crippen molar-refractivity contribution >= 4 is 38.4 Å². The van der Waals surface area contributed by atoms with Crippen molar-refractivity contribution in [2.45, 2.75) is 11.2 Å². The number of rotatable bonds is 1. The molecule has 17 heavy (non-hydrogen) atoms. The van der Waals surface area contributed by atoms with Gasteiger partial charge in [0.2, 0.25) is 5.91 Å². The van der Waals surface area contributed by atoms with Gasteiger partial charge < -0.3 is 4.90 Å². The molecule has 6 heteroatoms. The average molecular weight is 296 g/mol. The third kappa shape index (κ3) is 1.68. The first-order valence-electron chi connectivity index (χ1n) is 5.30. The van der Waals surface area contributed by atoms with Gasteiger partial charge in [0.25, 0.3) is 5.56 Å². The SMILES string of the molecule is O=C1CC(Br)CN1c1ccc2[nH][nH]c(=O)c2c1. The Balaban J connectivity index is 2.09. The standard InChI is InChI=1S/C11H10BrN3O2/c12-6-3-10(16)15(5-6)7-1-2-9-8(4-7)11(17)14-13-9/h1-2,4,6H,3,5H2,(H2,13,14,17). The van der Waals surface area contributed by atoms with E-state index in [2.05, 4.69) is 26.1 Å². The number of anilines is 1. The van der Waals surface area contributed by atoms with Crippen molar-refractivity contribution in [3.63, 3.8) is 0 Å². The van der Waals surface area contributed by atoms with E-state index in [1.807, 2.05) is 6.07 Å². The summed E-state index contributed by atoms with van der Waals surface area (Å²) in [5, 5.41) is 5.87. The van der Waals surface area contributed by atoms with Gasteiger partial charge in [-0.3, -0.25) is 19.8 Å². The fraction of sp³-hybridized carbons (Fsp3) is 0.273. The van der Waals surface area contributed by atoms with E-state index >= 15 is 0 Å². The number of fused-ring (bicyclic) bond motifs is 1. The Morgan fingerprint density at radius 1 is 1.29 bits per heavy atom. The number of aromatic nitrogens is 2. The number of nitrogens with zero attached hydrogens (tertiary/aromatic N) is 1. The lowest BCUT2D eigenvalue weighted by Gasteiger charge is -2.15. The maximum absolute atomic E-state index is 11.7. The second-order valence-electron chi connectivity index (χ2n) is 4.11. The van der Waals surface area contributed by atoms with Gasteiger partial charge in [-0.05, 0) is 18.2 Å². The van der Waals surface area contributed by atoms with E-state index < -0.39 is 0 Å². The predicted molar refractivity (Wildman–Crippen MR) is 68.6 cm³/mol. The van der Waals surface area contributed by atoms with Crippen LogP contribution in [0.25, 0.3) is 10.9 Å². The summed E-state index contributed by atoms with van der Waals surface area (Å²) < 4.78 is 0. The van der Waals surface area contributed by atoms with E-state index in [9.17, 15) is 9.59 Å². The molecule has 88 valence electrons. The minimum atomic E-state index is -0.163. The van der Waals surface area contributed by atoms with Gasteiger partial charge in [-0.25, -0.2) is 0 Å². The molecular weight excluding hydrogens is 286 g/mol.